The molecule has 3 rings (SSSR count). The predicted molar refractivity (Wildman–Crippen MR) is 87.9 cm³/mol. The van der Waals surface area contributed by atoms with E-state index in [0.717, 1.165) is 22.4 Å². The van der Waals surface area contributed by atoms with Crippen LogP contribution >= 0.6 is 11.3 Å². The first-order chi connectivity index (χ1) is 10.6. The van der Waals surface area contributed by atoms with Crippen LogP contribution in [0, 0.1) is 10.1 Å². The van der Waals surface area contributed by atoms with E-state index in [1.54, 1.807) is 24.4 Å². The van der Waals surface area contributed by atoms with Crippen LogP contribution in [0.1, 0.15) is 10.4 Å². The molecule has 5 nitrogen and oxygen atoms in total. The van der Waals surface area contributed by atoms with E-state index in [1.807, 2.05) is 24.3 Å². The maximum Gasteiger partial charge on any atom is 0.277 e. The Morgan fingerprint density at radius 3 is 2.50 bits per heavy atom. The molecule has 2 aromatic carbocycles. The van der Waals surface area contributed by atoms with Crippen LogP contribution in [-0.2, 0) is 6.42 Å². The molecule has 0 bridgehead atoms. The van der Waals surface area contributed by atoms with Crippen molar-refractivity contribution in [3.63, 3.8) is 0 Å². The summed E-state index contributed by atoms with van der Waals surface area (Å²) in [6.45, 7) is 0. The summed E-state index contributed by atoms with van der Waals surface area (Å²) in [5, 5.41) is 11.7. The zero-order valence-electron chi connectivity index (χ0n) is 11.6. The van der Waals surface area contributed by atoms with Gasteiger partial charge in [-0.15, -0.1) is 11.3 Å². The summed E-state index contributed by atoms with van der Waals surface area (Å²) in [4.78, 5) is 15.9. The number of nitro benzene ring substituents is 1. The Balaban J connectivity index is 1.87. The van der Waals surface area contributed by atoms with Crippen molar-refractivity contribution in [2.45, 2.75) is 6.42 Å². The molecule has 6 heteroatoms. The van der Waals surface area contributed by atoms with E-state index in [-0.39, 0.29) is 10.6 Å². The SMILES string of the molecule is Nc1ncc(Cc2ccc(-c3ccccc3[N+](=O)[O-])cc2)s1. The normalized spacial score (nSPS) is 10.5. The molecule has 3 aromatic rings. The Morgan fingerprint density at radius 2 is 1.86 bits per heavy atom. The first kappa shape index (κ1) is 14.2. The van der Waals surface area contributed by atoms with Gasteiger partial charge in [0.2, 0.25) is 0 Å². The first-order valence-corrected chi connectivity index (χ1v) is 7.48. The lowest BCUT2D eigenvalue weighted by molar-refractivity contribution is -0.384. The van der Waals surface area contributed by atoms with Gasteiger partial charge in [-0.25, -0.2) is 4.98 Å². The summed E-state index contributed by atoms with van der Waals surface area (Å²) < 4.78 is 0. The third-order valence-corrected chi connectivity index (χ3v) is 4.14. The van der Waals surface area contributed by atoms with Crippen LogP contribution in [0.25, 0.3) is 11.1 Å². The number of hydrogen-bond acceptors (Lipinski definition) is 5. The fourth-order valence-electron chi connectivity index (χ4n) is 2.28. The van der Waals surface area contributed by atoms with Gasteiger partial charge < -0.3 is 5.73 Å². The van der Waals surface area contributed by atoms with Gasteiger partial charge in [-0.3, -0.25) is 10.1 Å². The number of aromatic nitrogens is 1. The number of para-hydroxylation sites is 1. The number of hydrogen-bond donors (Lipinski definition) is 1. The molecule has 0 amide bonds. The molecule has 0 unspecified atom stereocenters. The molecule has 1 heterocycles. The Labute approximate surface area is 131 Å². The fraction of sp³-hybridized carbons (Fsp3) is 0.0625. The van der Waals surface area contributed by atoms with Gasteiger partial charge in [0.15, 0.2) is 5.13 Å². The molecule has 110 valence electrons. The van der Waals surface area contributed by atoms with Crippen LogP contribution in [0.4, 0.5) is 10.8 Å². The van der Waals surface area contributed by atoms with Crippen molar-refractivity contribution < 1.29 is 4.92 Å². The minimum Gasteiger partial charge on any atom is -0.375 e. The van der Waals surface area contributed by atoms with Crippen LogP contribution in [0.2, 0.25) is 0 Å². The van der Waals surface area contributed by atoms with Crippen molar-refractivity contribution in [3.8, 4) is 11.1 Å². The van der Waals surface area contributed by atoms with Gasteiger partial charge in [-0.1, -0.05) is 36.4 Å². The van der Waals surface area contributed by atoms with Crippen molar-refractivity contribution in [1.29, 1.82) is 0 Å². The number of benzene rings is 2. The highest BCUT2D eigenvalue weighted by molar-refractivity contribution is 7.15. The summed E-state index contributed by atoms with van der Waals surface area (Å²) in [6, 6.07) is 14.5. The average molecular weight is 311 g/mol. The molecule has 0 atom stereocenters. The van der Waals surface area contributed by atoms with E-state index in [0.29, 0.717) is 10.7 Å². The molecular weight excluding hydrogens is 298 g/mol. The van der Waals surface area contributed by atoms with Crippen molar-refractivity contribution in [2.24, 2.45) is 0 Å². The summed E-state index contributed by atoms with van der Waals surface area (Å²) in [5.41, 5.74) is 8.31. The van der Waals surface area contributed by atoms with Gasteiger partial charge in [-0.05, 0) is 17.2 Å². The largest absolute Gasteiger partial charge is 0.375 e. The fourth-order valence-corrected chi connectivity index (χ4v) is 3.00. The van der Waals surface area contributed by atoms with Gasteiger partial charge in [-0.2, -0.15) is 0 Å². The van der Waals surface area contributed by atoms with Crippen molar-refractivity contribution in [3.05, 3.63) is 75.3 Å². The van der Waals surface area contributed by atoms with Crippen LogP contribution in [0.5, 0.6) is 0 Å². The van der Waals surface area contributed by atoms with E-state index in [2.05, 4.69) is 4.98 Å². The second-order valence-electron chi connectivity index (χ2n) is 4.81. The Kier molecular flexibility index (Phi) is 3.84. The molecule has 0 spiro atoms. The van der Waals surface area contributed by atoms with E-state index >= 15 is 0 Å². The van der Waals surface area contributed by atoms with Gasteiger partial charge in [0.25, 0.3) is 5.69 Å². The van der Waals surface area contributed by atoms with E-state index in [1.165, 1.54) is 17.4 Å². The van der Waals surface area contributed by atoms with Crippen LogP contribution in [0.3, 0.4) is 0 Å². The highest BCUT2D eigenvalue weighted by Gasteiger charge is 2.13. The molecule has 0 saturated carbocycles. The van der Waals surface area contributed by atoms with Crippen molar-refractivity contribution in [2.75, 3.05) is 5.73 Å². The average Bonchev–Trinajstić information content (AvgIpc) is 2.93. The van der Waals surface area contributed by atoms with Gasteiger partial charge in [0.05, 0.1) is 10.5 Å². The summed E-state index contributed by atoms with van der Waals surface area (Å²) >= 11 is 1.47. The molecular formula is C16H13N3O2S. The second-order valence-corrected chi connectivity index (χ2v) is 5.96. The number of thiazole rings is 1. The highest BCUT2D eigenvalue weighted by Crippen LogP contribution is 2.30. The smallest absolute Gasteiger partial charge is 0.277 e. The topological polar surface area (TPSA) is 82.0 Å². The maximum atomic E-state index is 11.1. The molecule has 1 aromatic heterocycles. The summed E-state index contributed by atoms with van der Waals surface area (Å²) in [5.74, 6) is 0. The lowest BCUT2D eigenvalue weighted by atomic mass is 10.0. The quantitative estimate of drug-likeness (QED) is 0.585. The summed E-state index contributed by atoms with van der Waals surface area (Å²) in [6.07, 6.45) is 2.53. The number of nitro groups is 1. The minimum atomic E-state index is -0.358. The van der Waals surface area contributed by atoms with Gasteiger partial charge in [0.1, 0.15) is 0 Å². The maximum absolute atomic E-state index is 11.1. The summed E-state index contributed by atoms with van der Waals surface area (Å²) in [7, 11) is 0. The molecule has 22 heavy (non-hydrogen) atoms. The van der Waals surface area contributed by atoms with Crippen LogP contribution in [0.15, 0.2) is 54.7 Å². The number of nitrogens with two attached hydrogens (primary N) is 1. The Hall–Kier alpha value is -2.73. The molecule has 0 aliphatic carbocycles. The predicted octanol–water partition coefficient (Wildman–Crippen LogP) is 3.89. The number of anilines is 1. The Bertz CT molecular complexity index is 812. The molecule has 2 N–H and O–H groups in total. The number of nitrogens with zero attached hydrogens (tertiary/aromatic N) is 2. The molecule has 0 fully saturated rings. The van der Waals surface area contributed by atoms with E-state index in [4.69, 9.17) is 5.73 Å². The van der Waals surface area contributed by atoms with Crippen molar-refractivity contribution >= 4 is 22.2 Å². The highest BCUT2D eigenvalue weighted by atomic mass is 32.1. The molecule has 0 aliphatic rings. The standard InChI is InChI=1S/C16H13N3O2S/c17-16-18-10-13(22-16)9-11-5-7-12(8-6-11)14-3-1-2-4-15(14)19(20)21/h1-8,10H,9H2,(H2,17,18). The lowest BCUT2D eigenvalue weighted by Gasteiger charge is -2.04. The zero-order chi connectivity index (χ0) is 15.5. The van der Waals surface area contributed by atoms with Crippen molar-refractivity contribution in [1.82, 2.24) is 4.98 Å². The van der Waals surface area contributed by atoms with Gasteiger partial charge >= 0.3 is 0 Å². The van der Waals surface area contributed by atoms with E-state index < -0.39 is 0 Å². The number of rotatable bonds is 4. The first-order valence-electron chi connectivity index (χ1n) is 6.66. The van der Waals surface area contributed by atoms with E-state index in [9.17, 15) is 10.1 Å². The monoisotopic (exact) mass is 311 g/mol. The van der Waals surface area contributed by atoms with Crippen LogP contribution < -0.4 is 5.73 Å². The second kappa shape index (κ2) is 5.95. The minimum absolute atomic E-state index is 0.116. The molecule has 0 aliphatic heterocycles. The zero-order valence-corrected chi connectivity index (χ0v) is 12.4. The third kappa shape index (κ3) is 2.96. The lowest BCUT2D eigenvalue weighted by Crippen LogP contribution is -1.92. The molecule has 0 saturated heterocycles. The Morgan fingerprint density at radius 1 is 1.14 bits per heavy atom. The molecule has 0 radical (unpaired) electrons. The third-order valence-electron chi connectivity index (χ3n) is 3.32. The van der Waals surface area contributed by atoms with Crippen LogP contribution in [-0.4, -0.2) is 9.91 Å². The number of nitrogen functional groups attached to an aromatic ring is 1. The van der Waals surface area contributed by atoms with Gasteiger partial charge in [0, 0.05) is 23.6 Å².